The van der Waals surface area contributed by atoms with Gasteiger partial charge in [0.2, 0.25) is 5.91 Å². The molecule has 1 fully saturated rings. The number of hydrogen-bond donors (Lipinski definition) is 1. The Bertz CT molecular complexity index is 1720. The van der Waals surface area contributed by atoms with E-state index in [0.717, 1.165) is 5.56 Å². The summed E-state index contributed by atoms with van der Waals surface area (Å²) in [6, 6.07) is 9.88. The number of pyridine rings is 2. The molecule has 0 spiro atoms. The van der Waals surface area contributed by atoms with Crippen molar-refractivity contribution in [2.24, 2.45) is 0 Å². The molecule has 0 aliphatic carbocycles. The van der Waals surface area contributed by atoms with Gasteiger partial charge >= 0.3 is 5.69 Å². The van der Waals surface area contributed by atoms with Gasteiger partial charge in [0.25, 0.3) is 0 Å². The van der Waals surface area contributed by atoms with E-state index in [9.17, 15) is 14.7 Å². The summed E-state index contributed by atoms with van der Waals surface area (Å²) in [7, 11) is 0. The van der Waals surface area contributed by atoms with Gasteiger partial charge in [0.1, 0.15) is 17.3 Å². The second kappa shape index (κ2) is 11.2. The minimum atomic E-state index is -0.605. The van der Waals surface area contributed by atoms with E-state index >= 15 is 4.39 Å². The molecule has 1 N–H and O–H groups in total. The summed E-state index contributed by atoms with van der Waals surface area (Å²) in [4.78, 5) is 43.6. The zero-order valence-corrected chi connectivity index (χ0v) is 23.6. The molecule has 1 aliphatic heterocycles. The molecule has 3 aromatic heterocycles. The summed E-state index contributed by atoms with van der Waals surface area (Å²) in [6.45, 7) is 12.3. The average Bonchev–Trinajstić information content (AvgIpc) is 2.96. The number of halogens is 1. The van der Waals surface area contributed by atoms with Crippen molar-refractivity contribution >= 4 is 22.8 Å². The molecule has 4 aromatic rings. The number of aromatic nitrogens is 4. The second-order valence-electron chi connectivity index (χ2n) is 10.6. The summed E-state index contributed by atoms with van der Waals surface area (Å²) in [5.41, 5.74) is 2.69. The van der Waals surface area contributed by atoms with Crippen LogP contribution in [0, 0.1) is 12.7 Å². The van der Waals surface area contributed by atoms with E-state index in [4.69, 9.17) is 4.98 Å². The fraction of sp³-hybridized carbons (Fsp3) is 0.323. The van der Waals surface area contributed by atoms with Crippen molar-refractivity contribution < 1.29 is 14.3 Å². The van der Waals surface area contributed by atoms with Crippen molar-refractivity contribution in [1.82, 2.24) is 24.4 Å². The van der Waals surface area contributed by atoms with Gasteiger partial charge in [0.15, 0.2) is 5.65 Å². The molecule has 10 heteroatoms. The number of nitrogens with zero attached hydrogens (tertiary/aromatic N) is 6. The first kappa shape index (κ1) is 28.1. The molecule has 4 heterocycles. The second-order valence-corrected chi connectivity index (χ2v) is 10.6. The molecule has 0 radical (unpaired) electrons. The lowest BCUT2D eigenvalue weighted by molar-refractivity contribution is -0.126. The van der Waals surface area contributed by atoms with Crippen molar-refractivity contribution in [2.75, 3.05) is 24.5 Å². The van der Waals surface area contributed by atoms with E-state index in [0.29, 0.717) is 53.3 Å². The van der Waals surface area contributed by atoms with Crippen LogP contribution < -0.4 is 10.6 Å². The fourth-order valence-corrected chi connectivity index (χ4v) is 5.49. The Morgan fingerprint density at radius 3 is 2.66 bits per heavy atom. The molecule has 1 atom stereocenters. The number of amides is 1. The summed E-state index contributed by atoms with van der Waals surface area (Å²) in [5, 5.41) is 10.3. The van der Waals surface area contributed by atoms with Crippen LogP contribution in [0.2, 0.25) is 0 Å². The molecular formula is C31H33FN6O3. The molecule has 5 rings (SSSR count). The van der Waals surface area contributed by atoms with Crippen LogP contribution in [0.25, 0.3) is 28.0 Å². The summed E-state index contributed by atoms with van der Waals surface area (Å²) >= 11 is 0. The van der Waals surface area contributed by atoms with Gasteiger partial charge in [-0.15, -0.1) is 0 Å². The van der Waals surface area contributed by atoms with Crippen molar-refractivity contribution in [3.05, 3.63) is 88.4 Å². The zero-order chi connectivity index (χ0) is 29.4. The van der Waals surface area contributed by atoms with Crippen LogP contribution in [0.1, 0.15) is 43.5 Å². The first-order chi connectivity index (χ1) is 19.7. The van der Waals surface area contributed by atoms with E-state index in [1.807, 2.05) is 38.7 Å². The lowest BCUT2D eigenvalue weighted by Gasteiger charge is -2.40. The molecule has 1 amide bonds. The summed E-state index contributed by atoms with van der Waals surface area (Å²) in [6.07, 6.45) is 2.98. The number of anilines is 1. The Hall–Kier alpha value is -4.44. The van der Waals surface area contributed by atoms with Gasteiger partial charge in [-0.25, -0.2) is 18.7 Å². The van der Waals surface area contributed by atoms with E-state index in [-0.39, 0.29) is 35.8 Å². The van der Waals surface area contributed by atoms with Crippen LogP contribution in [-0.2, 0) is 11.4 Å². The molecule has 1 aliphatic rings. The van der Waals surface area contributed by atoms with E-state index in [1.165, 1.54) is 16.7 Å². The smallest absolute Gasteiger partial charge is 0.355 e. The van der Waals surface area contributed by atoms with Gasteiger partial charge in [0, 0.05) is 37.4 Å². The molecule has 9 nitrogen and oxygen atoms in total. The lowest BCUT2D eigenvalue weighted by Crippen LogP contribution is -2.54. The molecule has 0 bridgehead atoms. The van der Waals surface area contributed by atoms with Crippen LogP contribution in [0.15, 0.2) is 60.0 Å². The quantitative estimate of drug-likeness (QED) is 0.356. The van der Waals surface area contributed by atoms with Crippen LogP contribution in [0.4, 0.5) is 10.2 Å². The number of piperazine rings is 1. The zero-order valence-electron chi connectivity index (χ0n) is 23.6. The molecule has 0 unspecified atom stereocenters. The van der Waals surface area contributed by atoms with E-state index < -0.39 is 11.5 Å². The van der Waals surface area contributed by atoms with Gasteiger partial charge in [-0.05, 0) is 49.1 Å². The number of fused-ring (bicyclic) bond motifs is 1. The van der Waals surface area contributed by atoms with Crippen LogP contribution in [0.3, 0.4) is 0 Å². The fourth-order valence-electron chi connectivity index (χ4n) is 5.49. The maximum Gasteiger partial charge on any atom is 0.355 e. The van der Waals surface area contributed by atoms with Crippen LogP contribution in [-0.4, -0.2) is 61.1 Å². The van der Waals surface area contributed by atoms with Gasteiger partial charge in [-0.1, -0.05) is 44.7 Å². The molecular weight excluding hydrogens is 523 g/mol. The molecule has 41 heavy (non-hydrogen) atoms. The first-order valence-corrected chi connectivity index (χ1v) is 13.6. The largest absolute Gasteiger partial charge is 0.392 e. The predicted octanol–water partition coefficient (Wildman–Crippen LogP) is 4.13. The molecule has 0 saturated carbocycles. The Morgan fingerprint density at radius 1 is 1.22 bits per heavy atom. The number of benzene rings is 1. The third-order valence-corrected chi connectivity index (χ3v) is 7.55. The molecule has 1 aromatic carbocycles. The number of carbonyl (C=O) groups is 1. The van der Waals surface area contributed by atoms with Gasteiger partial charge in [0.05, 0.1) is 23.4 Å². The first-order valence-electron chi connectivity index (χ1n) is 13.6. The van der Waals surface area contributed by atoms with Crippen molar-refractivity contribution in [3.63, 3.8) is 0 Å². The number of hydrogen-bond acceptors (Lipinski definition) is 7. The Morgan fingerprint density at radius 2 is 1.98 bits per heavy atom. The van der Waals surface area contributed by atoms with Gasteiger partial charge in [-0.3, -0.25) is 9.78 Å². The van der Waals surface area contributed by atoms with Crippen LogP contribution in [0.5, 0.6) is 0 Å². The van der Waals surface area contributed by atoms with Crippen molar-refractivity contribution in [1.29, 1.82) is 0 Å². The number of carbonyl (C=O) groups excluding carboxylic acids is 1. The van der Waals surface area contributed by atoms with E-state index in [1.54, 1.807) is 35.4 Å². The third kappa shape index (κ3) is 4.99. The number of aliphatic hydroxyl groups is 1. The minimum Gasteiger partial charge on any atom is -0.392 e. The van der Waals surface area contributed by atoms with Gasteiger partial charge in [-0.2, -0.15) is 4.98 Å². The SMILES string of the molecule is C=CC(=O)N1CCN(c2nc(=O)n(-c3c(C)ccnc3C(C)C)c3nc(-c4ccccc4CO)c(F)cc23)[C@@H](C)C1. The molecule has 1 saturated heterocycles. The average molecular weight is 557 g/mol. The Kier molecular flexibility index (Phi) is 7.68. The monoisotopic (exact) mass is 556 g/mol. The summed E-state index contributed by atoms with van der Waals surface area (Å²) in [5.74, 6) is -0.484. The number of rotatable bonds is 6. The third-order valence-electron chi connectivity index (χ3n) is 7.55. The van der Waals surface area contributed by atoms with Crippen molar-refractivity contribution in [3.8, 4) is 16.9 Å². The summed E-state index contributed by atoms with van der Waals surface area (Å²) < 4.78 is 17.4. The van der Waals surface area contributed by atoms with Gasteiger partial charge < -0.3 is 14.9 Å². The van der Waals surface area contributed by atoms with Crippen molar-refractivity contribution in [2.45, 2.75) is 46.3 Å². The number of aliphatic hydroxyl groups excluding tert-OH is 1. The highest BCUT2D eigenvalue weighted by atomic mass is 19.1. The topological polar surface area (TPSA) is 104 Å². The molecule has 212 valence electrons. The van der Waals surface area contributed by atoms with Crippen LogP contribution >= 0.6 is 0 Å². The highest BCUT2D eigenvalue weighted by Gasteiger charge is 2.30. The Labute approximate surface area is 237 Å². The number of aryl methyl sites for hydroxylation is 1. The highest BCUT2D eigenvalue weighted by Crippen LogP contribution is 2.34. The highest BCUT2D eigenvalue weighted by molar-refractivity contribution is 5.91. The normalized spacial score (nSPS) is 15.5. The maximum atomic E-state index is 15.9. The Balaban J connectivity index is 1.82. The lowest BCUT2D eigenvalue weighted by atomic mass is 10.0. The predicted molar refractivity (Wildman–Crippen MR) is 157 cm³/mol. The minimum absolute atomic E-state index is 0.0166. The maximum absolute atomic E-state index is 15.9. The standard InChI is InChI=1S/C31H33FN6O3/c1-6-25(40)36-13-14-37(20(5)16-36)29-23-15-24(32)27(22-10-8-7-9-21(22)17-39)34-30(23)38(31(41)35-29)28-19(4)11-12-33-26(28)18(2)3/h6-12,15,18,20,39H,1,13-14,16-17H2,2-5H3/t20-/m0/s1. The van der Waals surface area contributed by atoms with E-state index in [2.05, 4.69) is 16.5 Å².